The molecule has 0 fully saturated rings. The molecule has 0 radical (unpaired) electrons. The molecule has 0 saturated heterocycles. The predicted molar refractivity (Wildman–Crippen MR) is 133 cm³/mol. The summed E-state index contributed by atoms with van der Waals surface area (Å²) < 4.78 is 0.961. The zero-order chi connectivity index (χ0) is 24.4. The second kappa shape index (κ2) is 9.86. The van der Waals surface area contributed by atoms with Gasteiger partial charge in [0.1, 0.15) is 17.9 Å². The van der Waals surface area contributed by atoms with Crippen molar-refractivity contribution in [1.82, 2.24) is 20.6 Å². The molecule has 3 aromatic rings. The van der Waals surface area contributed by atoms with Crippen LogP contribution in [0.5, 0.6) is 0 Å². The molecular formula is C24H28N6O3S. The van der Waals surface area contributed by atoms with Crippen molar-refractivity contribution in [1.29, 1.82) is 0 Å². The molecule has 3 atom stereocenters. The van der Waals surface area contributed by atoms with Crippen LogP contribution in [-0.4, -0.2) is 52.9 Å². The Labute approximate surface area is 202 Å². The Kier molecular flexibility index (Phi) is 6.90. The lowest BCUT2D eigenvalue weighted by molar-refractivity contribution is -0.130. The summed E-state index contributed by atoms with van der Waals surface area (Å²) in [4.78, 5) is 50.0. The van der Waals surface area contributed by atoms with Crippen LogP contribution in [0.4, 0.5) is 10.9 Å². The maximum Gasteiger partial charge on any atom is 0.251 e. The van der Waals surface area contributed by atoms with Gasteiger partial charge >= 0.3 is 0 Å². The number of hydrogen-bond donors (Lipinski definition) is 3. The van der Waals surface area contributed by atoms with Gasteiger partial charge in [-0.2, -0.15) is 0 Å². The zero-order valence-corrected chi connectivity index (χ0v) is 20.3. The Morgan fingerprint density at radius 2 is 1.88 bits per heavy atom. The largest absolute Gasteiger partial charge is 0.343 e. The van der Waals surface area contributed by atoms with E-state index in [1.807, 2.05) is 44.2 Å². The number of nitrogens with one attached hydrogen (secondary N) is 3. The summed E-state index contributed by atoms with van der Waals surface area (Å²) in [5.74, 6) is -0.749. The summed E-state index contributed by atoms with van der Waals surface area (Å²) in [5.41, 5.74) is 1.60. The number of rotatable bonds is 7. The molecule has 0 bridgehead atoms. The molecule has 1 aliphatic rings. The van der Waals surface area contributed by atoms with E-state index in [9.17, 15) is 14.4 Å². The van der Waals surface area contributed by atoms with Crippen LogP contribution in [0.25, 0.3) is 10.2 Å². The van der Waals surface area contributed by atoms with E-state index in [0.717, 1.165) is 15.8 Å². The highest BCUT2D eigenvalue weighted by atomic mass is 32.1. The molecule has 10 heteroatoms. The van der Waals surface area contributed by atoms with Crippen LogP contribution in [0.1, 0.15) is 26.3 Å². The van der Waals surface area contributed by atoms with E-state index in [0.29, 0.717) is 17.4 Å². The fraction of sp³-hybridized carbons (Fsp3) is 0.375. The molecule has 3 N–H and O–H groups in total. The fourth-order valence-electron chi connectivity index (χ4n) is 3.91. The van der Waals surface area contributed by atoms with E-state index in [4.69, 9.17) is 0 Å². The van der Waals surface area contributed by atoms with Crippen LogP contribution in [0.2, 0.25) is 0 Å². The SMILES string of the molecule is CN[C@@H](C)C(=O)NC(C(=O)N1c2ncccc2CC1C(=O)Nc1nc2ccccc2s1)C(C)C. The average molecular weight is 481 g/mol. The summed E-state index contributed by atoms with van der Waals surface area (Å²) in [5, 5.41) is 9.07. The number of para-hydroxylation sites is 1. The molecule has 3 heterocycles. The molecular weight excluding hydrogens is 452 g/mol. The number of aromatic nitrogens is 2. The number of thiazole rings is 1. The molecule has 2 unspecified atom stereocenters. The minimum absolute atomic E-state index is 0.193. The first kappa shape index (κ1) is 23.8. The van der Waals surface area contributed by atoms with E-state index in [1.165, 1.54) is 16.2 Å². The third-order valence-electron chi connectivity index (χ3n) is 5.94. The zero-order valence-electron chi connectivity index (χ0n) is 19.5. The summed E-state index contributed by atoms with van der Waals surface area (Å²) in [6.07, 6.45) is 1.93. The van der Waals surface area contributed by atoms with Gasteiger partial charge in [0.05, 0.1) is 16.3 Å². The van der Waals surface area contributed by atoms with E-state index in [1.54, 1.807) is 26.2 Å². The van der Waals surface area contributed by atoms with E-state index >= 15 is 0 Å². The van der Waals surface area contributed by atoms with Crippen molar-refractivity contribution in [3.8, 4) is 0 Å². The lowest BCUT2D eigenvalue weighted by Gasteiger charge is -2.30. The minimum atomic E-state index is -0.811. The van der Waals surface area contributed by atoms with Crippen molar-refractivity contribution in [2.75, 3.05) is 17.3 Å². The smallest absolute Gasteiger partial charge is 0.251 e. The van der Waals surface area contributed by atoms with Crippen LogP contribution in [0, 0.1) is 5.92 Å². The first-order valence-corrected chi connectivity index (χ1v) is 12.0. The van der Waals surface area contributed by atoms with Gasteiger partial charge < -0.3 is 16.0 Å². The Balaban J connectivity index is 1.62. The lowest BCUT2D eigenvalue weighted by Crippen LogP contribution is -2.57. The van der Waals surface area contributed by atoms with Gasteiger partial charge in [-0.05, 0) is 43.7 Å². The number of benzene rings is 1. The normalized spacial score (nSPS) is 16.9. The highest BCUT2D eigenvalue weighted by Crippen LogP contribution is 2.33. The van der Waals surface area contributed by atoms with Crippen molar-refractivity contribution < 1.29 is 14.4 Å². The first-order chi connectivity index (χ1) is 16.3. The number of hydrogen-bond acceptors (Lipinski definition) is 7. The van der Waals surface area contributed by atoms with Crippen LogP contribution >= 0.6 is 11.3 Å². The molecule has 1 aliphatic heterocycles. The molecule has 9 nitrogen and oxygen atoms in total. The number of fused-ring (bicyclic) bond motifs is 2. The molecule has 4 rings (SSSR count). The molecule has 0 saturated carbocycles. The van der Waals surface area contributed by atoms with Crippen molar-refractivity contribution >= 4 is 50.2 Å². The minimum Gasteiger partial charge on any atom is -0.343 e. The number of anilines is 2. The number of nitrogens with zero attached hydrogens (tertiary/aromatic N) is 3. The fourth-order valence-corrected chi connectivity index (χ4v) is 4.78. The van der Waals surface area contributed by atoms with Crippen molar-refractivity contribution in [2.45, 2.75) is 45.3 Å². The Morgan fingerprint density at radius 1 is 1.12 bits per heavy atom. The lowest BCUT2D eigenvalue weighted by atomic mass is 10.0. The number of amides is 3. The van der Waals surface area contributed by atoms with Gasteiger partial charge in [0.2, 0.25) is 11.8 Å². The van der Waals surface area contributed by atoms with Crippen LogP contribution in [-0.2, 0) is 20.8 Å². The monoisotopic (exact) mass is 480 g/mol. The molecule has 3 amide bonds. The van der Waals surface area contributed by atoms with E-state index in [2.05, 4.69) is 25.9 Å². The van der Waals surface area contributed by atoms with E-state index < -0.39 is 18.1 Å². The molecule has 2 aromatic heterocycles. The second-order valence-electron chi connectivity index (χ2n) is 8.63. The Bertz CT molecular complexity index is 1190. The molecule has 34 heavy (non-hydrogen) atoms. The highest BCUT2D eigenvalue weighted by molar-refractivity contribution is 7.22. The third-order valence-corrected chi connectivity index (χ3v) is 6.89. The molecule has 1 aromatic carbocycles. The van der Waals surface area contributed by atoms with Gasteiger partial charge in [-0.15, -0.1) is 0 Å². The van der Waals surface area contributed by atoms with E-state index in [-0.39, 0.29) is 23.6 Å². The Hall–Kier alpha value is -3.37. The van der Waals surface area contributed by atoms with Gasteiger partial charge in [-0.25, -0.2) is 9.97 Å². The van der Waals surface area contributed by atoms with Crippen molar-refractivity contribution in [2.24, 2.45) is 5.92 Å². The van der Waals surface area contributed by atoms with Crippen LogP contribution in [0.3, 0.4) is 0 Å². The standard InChI is InChI=1S/C24H28N6O3S/c1-13(2)19(28-21(31)14(3)25-4)23(33)30-17(12-15-8-7-11-26-20(15)30)22(32)29-24-27-16-9-5-6-10-18(16)34-24/h5-11,13-14,17,19,25H,12H2,1-4H3,(H,28,31)(H,27,29,32)/t14-,17?,19?/m0/s1. The van der Waals surface area contributed by atoms with Crippen molar-refractivity contribution in [3.05, 3.63) is 48.2 Å². The average Bonchev–Trinajstić information content (AvgIpc) is 3.42. The molecule has 0 aliphatic carbocycles. The predicted octanol–water partition coefficient (Wildman–Crippen LogP) is 2.34. The summed E-state index contributed by atoms with van der Waals surface area (Å²) in [7, 11) is 1.68. The number of carbonyl (C=O) groups is 3. The molecule has 178 valence electrons. The number of likely N-dealkylation sites (N-methyl/N-ethyl adjacent to an activating group) is 1. The van der Waals surface area contributed by atoms with Crippen molar-refractivity contribution in [3.63, 3.8) is 0 Å². The summed E-state index contributed by atoms with van der Waals surface area (Å²) in [6.45, 7) is 5.44. The third kappa shape index (κ3) is 4.64. The summed E-state index contributed by atoms with van der Waals surface area (Å²) >= 11 is 1.38. The maximum atomic E-state index is 13.8. The summed E-state index contributed by atoms with van der Waals surface area (Å²) in [6, 6.07) is 9.20. The van der Waals surface area contributed by atoms with Gasteiger partial charge in [0, 0.05) is 12.6 Å². The van der Waals surface area contributed by atoms with Crippen LogP contribution < -0.4 is 20.9 Å². The van der Waals surface area contributed by atoms with Crippen LogP contribution in [0.15, 0.2) is 42.6 Å². The highest BCUT2D eigenvalue weighted by Gasteiger charge is 2.43. The Morgan fingerprint density at radius 3 is 2.59 bits per heavy atom. The van der Waals surface area contributed by atoms with Gasteiger partial charge in [0.25, 0.3) is 5.91 Å². The maximum absolute atomic E-state index is 13.8. The van der Waals surface area contributed by atoms with Gasteiger partial charge in [-0.3, -0.25) is 19.3 Å². The molecule has 0 spiro atoms. The number of carbonyl (C=O) groups excluding carboxylic acids is 3. The topological polar surface area (TPSA) is 116 Å². The number of pyridine rings is 1. The second-order valence-corrected chi connectivity index (χ2v) is 9.66. The first-order valence-electron chi connectivity index (χ1n) is 11.2. The van der Waals surface area contributed by atoms with Gasteiger partial charge in [0.15, 0.2) is 5.13 Å². The quantitative estimate of drug-likeness (QED) is 0.478. The van der Waals surface area contributed by atoms with Gasteiger partial charge in [-0.1, -0.05) is 43.4 Å².